The highest BCUT2D eigenvalue weighted by molar-refractivity contribution is 5.70. The Morgan fingerprint density at radius 2 is 0.740 bits per heavy atom. The number of carboxylic acid groups (broad SMARTS) is 1. The number of nitrogens with zero attached hydrogens (tertiary/aromatic N) is 1. The van der Waals surface area contributed by atoms with Crippen LogP contribution in [0, 0.1) is 0 Å². The molecule has 0 saturated heterocycles. The highest BCUT2D eigenvalue weighted by atomic mass is 16.7. The number of quaternary nitrogens is 1. The van der Waals surface area contributed by atoms with Crippen LogP contribution in [0.4, 0.5) is 0 Å². The summed E-state index contributed by atoms with van der Waals surface area (Å²) in [4.78, 5) is 37.3. The lowest BCUT2D eigenvalue weighted by Crippen LogP contribution is -2.44. The van der Waals surface area contributed by atoms with Gasteiger partial charge in [0.05, 0.1) is 40.3 Å². The summed E-state index contributed by atoms with van der Waals surface area (Å²) in [6, 6.07) is 0. The Morgan fingerprint density at radius 3 is 1.12 bits per heavy atom. The Hall–Kier alpha value is -3.01. The van der Waals surface area contributed by atoms with Gasteiger partial charge in [-0.15, -0.1) is 0 Å². The summed E-state index contributed by atoms with van der Waals surface area (Å²) in [5.74, 6) is -2.29. The molecule has 0 radical (unpaired) electrons. The summed E-state index contributed by atoms with van der Waals surface area (Å²) in [5, 5.41) is 11.8. The van der Waals surface area contributed by atoms with Crippen molar-refractivity contribution in [2.45, 2.75) is 283 Å². The maximum atomic E-state index is 12.9. The Kier molecular flexibility index (Phi) is 53.0. The van der Waals surface area contributed by atoms with E-state index < -0.39 is 24.3 Å². The Morgan fingerprint density at radius 1 is 0.411 bits per heavy atom. The van der Waals surface area contributed by atoms with Crippen LogP contribution in [0.15, 0.2) is 60.8 Å². The molecule has 0 bridgehead atoms. The number of hydrogen-bond donors (Lipinski definition) is 0. The van der Waals surface area contributed by atoms with Gasteiger partial charge in [-0.2, -0.15) is 0 Å². The second-order valence-corrected chi connectivity index (χ2v) is 21.6. The highest BCUT2D eigenvalue weighted by Crippen LogP contribution is 2.16. The van der Waals surface area contributed by atoms with Crippen LogP contribution in [0.2, 0.25) is 0 Å². The van der Waals surface area contributed by atoms with E-state index in [1.54, 1.807) is 0 Å². The summed E-state index contributed by atoms with van der Waals surface area (Å²) in [6.45, 7) is 4.71. The first kappa shape index (κ1) is 70.0. The van der Waals surface area contributed by atoms with Crippen molar-refractivity contribution in [3.05, 3.63) is 60.8 Å². The van der Waals surface area contributed by atoms with Gasteiger partial charge >= 0.3 is 11.9 Å². The van der Waals surface area contributed by atoms with Gasteiger partial charge in [-0.3, -0.25) is 9.59 Å². The molecule has 0 fully saturated rings. The average Bonchev–Trinajstić information content (AvgIpc) is 3.36. The molecule has 0 aliphatic carbocycles. The van der Waals surface area contributed by atoms with Gasteiger partial charge in [-0.1, -0.05) is 235 Å². The maximum Gasteiger partial charge on any atom is 0.306 e. The van der Waals surface area contributed by atoms with Crippen LogP contribution < -0.4 is 5.11 Å². The predicted octanol–water partition coefficient (Wildman–Crippen LogP) is 16.7. The molecule has 9 nitrogen and oxygen atoms in total. The summed E-state index contributed by atoms with van der Waals surface area (Å²) in [6.07, 6.45) is 67.1. The van der Waals surface area contributed by atoms with E-state index in [1.165, 1.54) is 167 Å². The number of esters is 2. The number of rotatable bonds is 56. The van der Waals surface area contributed by atoms with E-state index in [4.69, 9.17) is 18.9 Å². The molecule has 0 aromatic heterocycles. The lowest BCUT2D eigenvalue weighted by molar-refractivity contribution is -0.870. The standard InChI is InChI=1S/C64H115NO8/c1-6-8-10-12-14-16-18-20-22-23-24-25-26-27-28-29-30-31-32-33-34-35-36-37-38-39-41-43-45-47-49-51-53-55-62(67)73-60(59-72-64(63(68)69)70-57-56-65(3,4)5)58-71-61(66)54-52-50-48-46-44-42-40-21-19-17-15-13-11-9-7-2/h15,17-18,20-21,23-24,26-27,40,60,64H,6-14,16,19,22,25,28-39,41-59H2,1-5H3/b17-15-,20-18-,24-23-,27-26-,40-21-. The van der Waals surface area contributed by atoms with Gasteiger partial charge in [-0.25, -0.2) is 0 Å². The third-order valence-electron chi connectivity index (χ3n) is 13.2. The Balaban J connectivity index is 4.10. The van der Waals surface area contributed by atoms with E-state index in [-0.39, 0.29) is 38.6 Å². The summed E-state index contributed by atoms with van der Waals surface area (Å²) >= 11 is 0. The number of likely N-dealkylation sites (N-methyl/N-ethyl adjacent to an activating group) is 1. The third kappa shape index (κ3) is 56.6. The van der Waals surface area contributed by atoms with E-state index in [1.807, 2.05) is 21.1 Å². The number of unbranched alkanes of at least 4 members (excludes halogenated alkanes) is 31. The monoisotopic (exact) mass is 1030 g/mol. The fourth-order valence-corrected chi connectivity index (χ4v) is 8.52. The maximum absolute atomic E-state index is 12.9. The lowest BCUT2D eigenvalue weighted by atomic mass is 10.0. The normalized spacial score (nSPS) is 13.2. The molecular weight excluding hydrogens is 911 g/mol. The summed E-state index contributed by atoms with van der Waals surface area (Å²) in [5.41, 5.74) is 0. The van der Waals surface area contributed by atoms with Crippen molar-refractivity contribution >= 4 is 17.9 Å². The summed E-state index contributed by atoms with van der Waals surface area (Å²) < 4.78 is 22.7. The molecule has 0 aliphatic heterocycles. The zero-order valence-electron chi connectivity index (χ0n) is 48.3. The van der Waals surface area contributed by atoms with Crippen LogP contribution >= 0.6 is 0 Å². The van der Waals surface area contributed by atoms with Gasteiger partial charge in [0.15, 0.2) is 12.4 Å². The first-order valence-corrected chi connectivity index (χ1v) is 30.4. The van der Waals surface area contributed by atoms with Crippen LogP contribution in [0.3, 0.4) is 0 Å². The minimum atomic E-state index is -1.62. The number of hydrogen-bond acceptors (Lipinski definition) is 8. The number of carboxylic acids is 1. The van der Waals surface area contributed by atoms with Gasteiger partial charge < -0.3 is 33.3 Å². The molecule has 0 aliphatic rings. The molecule has 0 spiro atoms. The number of ether oxygens (including phenoxy) is 4. The van der Waals surface area contributed by atoms with E-state index >= 15 is 0 Å². The van der Waals surface area contributed by atoms with Crippen LogP contribution in [0.25, 0.3) is 0 Å². The first-order valence-electron chi connectivity index (χ1n) is 30.4. The summed E-state index contributed by atoms with van der Waals surface area (Å²) in [7, 11) is 5.92. The molecule has 2 unspecified atom stereocenters. The number of aliphatic carboxylic acids is 1. The van der Waals surface area contributed by atoms with E-state index in [0.29, 0.717) is 17.4 Å². The third-order valence-corrected chi connectivity index (χ3v) is 13.2. The van der Waals surface area contributed by atoms with Crippen molar-refractivity contribution in [1.82, 2.24) is 0 Å². The van der Waals surface area contributed by atoms with Crippen molar-refractivity contribution in [3.63, 3.8) is 0 Å². The number of carbonyl (C=O) groups excluding carboxylic acids is 3. The number of carbonyl (C=O) groups is 3. The van der Waals surface area contributed by atoms with Crippen molar-refractivity contribution in [1.29, 1.82) is 0 Å². The molecule has 0 amide bonds. The SMILES string of the molecule is CCCCC/C=C\C/C=C\CCCCCCCC(=O)OCC(COC(OCC[N+](C)(C)C)C(=O)[O-])OC(=O)CCCCCCCCCCCCCCCCCCCC/C=C\C/C=C\C/C=C\CCCCCCC. The fourth-order valence-electron chi connectivity index (χ4n) is 8.52. The lowest BCUT2D eigenvalue weighted by Gasteiger charge is -2.26. The van der Waals surface area contributed by atoms with Gasteiger partial charge in [0.1, 0.15) is 13.2 Å². The zero-order valence-corrected chi connectivity index (χ0v) is 48.3. The molecule has 0 aromatic carbocycles. The highest BCUT2D eigenvalue weighted by Gasteiger charge is 2.22. The van der Waals surface area contributed by atoms with Crippen molar-refractivity contribution < 1.29 is 42.9 Å². The van der Waals surface area contributed by atoms with E-state index in [9.17, 15) is 19.5 Å². The molecular formula is C64H115NO8. The van der Waals surface area contributed by atoms with Gasteiger partial charge in [0, 0.05) is 12.8 Å². The molecule has 73 heavy (non-hydrogen) atoms. The van der Waals surface area contributed by atoms with Crippen LogP contribution in [0.5, 0.6) is 0 Å². The second kappa shape index (κ2) is 55.2. The van der Waals surface area contributed by atoms with Crippen molar-refractivity contribution in [2.75, 3.05) is 47.5 Å². The second-order valence-electron chi connectivity index (χ2n) is 21.6. The zero-order chi connectivity index (χ0) is 53.4. The molecule has 2 atom stereocenters. The fraction of sp³-hybridized carbons (Fsp3) is 0.797. The molecule has 0 aromatic rings. The average molecular weight is 1030 g/mol. The van der Waals surface area contributed by atoms with Gasteiger partial charge in [0.25, 0.3) is 0 Å². The molecule has 0 rings (SSSR count). The van der Waals surface area contributed by atoms with E-state index in [0.717, 1.165) is 70.6 Å². The number of allylic oxidation sites excluding steroid dienone is 10. The molecule has 424 valence electrons. The minimum Gasteiger partial charge on any atom is -0.545 e. The van der Waals surface area contributed by atoms with Gasteiger partial charge in [-0.05, 0) is 83.5 Å². The Bertz CT molecular complexity index is 1380. The van der Waals surface area contributed by atoms with Crippen molar-refractivity contribution in [2.24, 2.45) is 0 Å². The van der Waals surface area contributed by atoms with E-state index in [2.05, 4.69) is 74.6 Å². The van der Waals surface area contributed by atoms with Crippen LogP contribution in [-0.2, 0) is 33.3 Å². The molecule has 9 heteroatoms. The Labute approximate surface area is 450 Å². The topological polar surface area (TPSA) is 111 Å². The minimum absolute atomic E-state index is 0.145. The molecule has 0 N–H and O–H groups in total. The predicted molar refractivity (Wildman–Crippen MR) is 306 cm³/mol. The van der Waals surface area contributed by atoms with Crippen molar-refractivity contribution in [3.8, 4) is 0 Å². The van der Waals surface area contributed by atoms with Crippen LogP contribution in [-0.4, -0.2) is 82.3 Å². The largest absolute Gasteiger partial charge is 0.545 e. The first-order chi connectivity index (χ1) is 35.6. The smallest absolute Gasteiger partial charge is 0.306 e. The van der Waals surface area contributed by atoms with Gasteiger partial charge in [0.2, 0.25) is 0 Å². The quantitative estimate of drug-likeness (QED) is 0.0195. The molecule has 0 heterocycles. The molecule has 0 saturated carbocycles. The van der Waals surface area contributed by atoms with Crippen LogP contribution in [0.1, 0.15) is 271 Å².